The molecule has 1 unspecified atom stereocenters. The molecule has 102 valence electrons. The molecule has 1 atom stereocenters. The summed E-state index contributed by atoms with van der Waals surface area (Å²) < 4.78 is 0. The van der Waals surface area contributed by atoms with Crippen LogP contribution in [0.5, 0.6) is 0 Å². The number of benzene rings is 2. The Balaban J connectivity index is 1.87. The second-order valence-corrected chi connectivity index (χ2v) is 5.26. The summed E-state index contributed by atoms with van der Waals surface area (Å²) in [5.41, 5.74) is 9.77. The lowest BCUT2D eigenvalue weighted by molar-refractivity contribution is -0.119. The largest absolute Gasteiger partial charge is 0.399 e. The SMILES string of the molecule is CC(C(=O)N1CCc2ccccc21)c1cccc(N)c1. The van der Waals surface area contributed by atoms with Crippen LogP contribution in [0, 0.1) is 0 Å². The number of hydrogen-bond donors (Lipinski definition) is 1. The maximum absolute atomic E-state index is 12.7. The number of hydrogen-bond acceptors (Lipinski definition) is 2. The van der Waals surface area contributed by atoms with E-state index in [0.717, 1.165) is 24.2 Å². The van der Waals surface area contributed by atoms with E-state index in [1.807, 2.05) is 54.3 Å². The van der Waals surface area contributed by atoms with Crippen molar-refractivity contribution in [2.75, 3.05) is 17.2 Å². The Kier molecular flexibility index (Phi) is 3.18. The predicted molar refractivity (Wildman–Crippen MR) is 81.8 cm³/mol. The van der Waals surface area contributed by atoms with Crippen LogP contribution in [0.4, 0.5) is 11.4 Å². The van der Waals surface area contributed by atoms with Gasteiger partial charge in [-0.25, -0.2) is 0 Å². The van der Waals surface area contributed by atoms with E-state index in [4.69, 9.17) is 5.73 Å². The van der Waals surface area contributed by atoms with Gasteiger partial charge in [0.25, 0.3) is 0 Å². The van der Waals surface area contributed by atoms with Gasteiger partial charge in [0.15, 0.2) is 0 Å². The molecule has 2 aromatic rings. The van der Waals surface area contributed by atoms with Crippen molar-refractivity contribution in [2.45, 2.75) is 19.3 Å². The number of carbonyl (C=O) groups excluding carboxylic acids is 1. The smallest absolute Gasteiger partial charge is 0.234 e. The lowest BCUT2D eigenvalue weighted by Crippen LogP contribution is -2.32. The molecular weight excluding hydrogens is 248 g/mol. The Morgan fingerprint density at radius 3 is 2.80 bits per heavy atom. The number of nitrogen functional groups attached to an aromatic ring is 1. The van der Waals surface area contributed by atoms with Crippen LogP contribution in [-0.4, -0.2) is 12.5 Å². The molecule has 1 heterocycles. The van der Waals surface area contributed by atoms with Gasteiger partial charge in [-0.15, -0.1) is 0 Å². The van der Waals surface area contributed by atoms with E-state index in [1.165, 1.54) is 5.56 Å². The molecule has 2 N–H and O–H groups in total. The summed E-state index contributed by atoms with van der Waals surface area (Å²) in [6, 6.07) is 15.7. The topological polar surface area (TPSA) is 46.3 Å². The van der Waals surface area contributed by atoms with Crippen LogP contribution in [0.2, 0.25) is 0 Å². The van der Waals surface area contributed by atoms with Crippen molar-refractivity contribution in [1.29, 1.82) is 0 Å². The van der Waals surface area contributed by atoms with Crippen molar-refractivity contribution < 1.29 is 4.79 Å². The van der Waals surface area contributed by atoms with Crippen LogP contribution in [0.25, 0.3) is 0 Å². The fourth-order valence-electron chi connectivity index (χ4n) is 2.77. The predicted octanol–water partition coefficient (Wildman–Crippen LogP) is 2.96. The minimum Gasteiger partial charge on any atom is -0.399 e. The molecule has 0 spiro atoms. The van der Waals surface area contributed by atoms with Crippen molar-refractivity contribution in [2.24, 2.45) is 0 Å². The van der Waals surface area contributed by atoms with Crippen LogP contribution in [0.15, 0.2) is 48.5 Å². The molecule has 1 aliphatic rings. The first kappa shape index (κ1) is 12.7. The average molecular weight is 266 g/mol. The van der Waals surface area contributed by atoms with Gasteiger partial charge in [-0.05, 0) is 42.7 Å². The first-order valence-electron chi connectivity index (χ1n) is 6.91. The molecule has 2 aromatic carbocycles. The summed E-state index contributed by atoms with van der Waals surface area (Å²) >= 11 is 0. The molecular formula is C17H18N2O. The number of carbonyl (C=O) groups is 1. The fraction of sp³-hybridized carbons (Fsp3) is 0.235. The number of nitrogens with two attached hydrogens (primary N) is 1. The van der Waals surface area contributed by atoms with Crippen LogP contribution in [-0.2, 0) is 11.2 Å². The van der Waals surface area contributed by atoms with Crippen molar-refractivity contribution in [3.63, 3.8) is 0 Å². The molecule has 1 aliphatic heterocycles. The Morgan fingerprint density at radius 2 is 2.00 bits per heavy atom. The maximum atomic E-state index is 12.7. The summed E-state index contributed by atoms with van der Waals surface area (Å²) in [5.74, 6) is -0.0368. The van der Waals surface area contributed by atoms with Crippen LogP contribution < -0.4 is 10.6 Å². The van der Waals surface area contributed by atoms with Gasteiger partial charge in [-0.1, -0.05) is 30.3 Å². The average Bonchev–Trinajstić information content (AvgIpc) is 2.89. The van der Waals surface area contributed by atoms with Crippen LogP contribution in [0.3, 0.4) is 0 Å². The van der Waals surface area contributed by atoms with Gasteiger partial charge in [0.1, 0.15) is 0 Å². The standard InChI is InChI=1S/C17H18N2O/c1-12(14-6-4-7-15(18)11-14)17(20)19-10-9-13-5-2-3-8-16(13)19/h2-8,11-12H,9-10,18H2,1H3. The molecule has 20 heavy (non-hydrogen) atoms. The molecule has 0 aliphatic carbocycles. The second-order valence-electron chi connectivity index (χ2n) is 5.26. The summed E-state index contributed by atoms with van der Waals surface area (Å²) in [7, 11) is 0. The van der Waals surface area contributed by atoms with E-state index in [0.29, 0.717) is 5.69 Å². The summed E-state index contributed by atoms with van der Waals surface area (Å²) in [4.78, 5) is 14.6. The first-order chi connectivity index (χ1) is 9.66. The molecule has 0 saturated carbocycles. The lowest BCUT2D eigenvalue weighted by atomic mass is 9.99. The third kappa shape index (κ3) is 2.16. The molecule has 0 fully saturated rings. The highest BCUT2D eigenvalue weighted by Crippen LogP contribution is 2.31. The fourth-order valence-corrected chi connectivity index (χ4v) is 2.77. The zero-order valence-corrected chi connectivity index (χ0v) is 11.5. The van der Waals surface area contributed by atoms with E-state index in [1.54, 1.807) is 0 Å². The molecule has 0 bridgehead atoms. The quantitative estimate of drug-likeness (QED) is 0.849. The van der Waals surface area contributed by atoms with Gasteiger partial charge in [-0.3, -0.25) is 4.79 Å². The van der Waals surface area contributed by atoms with E-state index < -0.39 is 0 Å². The maximum Gasteiger partial charge on any atom is 0.234 e. The second kappa shape index (κ2) is 5.00. The van der Waals surface area contributed by atoms with E-state index in [2.05, 4.69) is 6.07 Å². The van der Waals surface area contributed by atoms with E-state index >= 15 is 0 Å². The highest BCUT2D eigenvalue weighted by atomic mass is 16.2. The van der Waals surface area contributed by atoms with Gasteiger partial charge < -0.3 is 10.6 Å². The van der Waals surface area contributed by atoms with Gasteiger partial charge in [0.2, 0.25) is 5.91 Å². The monoisotopic (exact) mass is 266 g/mol. The van der Waals surface area contributed by atoms with Crippen molar-refractivity contribution >= 4 is 17.3 Å². The number of rotatable bonds is 2. The molecule has 0 saturated heterocycles. The van der Waals surface area contributed by atoms with Crippen molar-refractivity contribution in [1.82, 2.24) is 0 Å². The molecule has 1 amide bonds. The molecule has 3 nitrogen and oxygen atoms in total. The Hall–Kier alpha value is -2.29. The van der Waals surface area contributed by atoms with E-state index in [-0.39, 0.29) is 11.8 Å². The van der Waals surface area contributed by atoms with Crippen molar-refractivity contribution in [3.05, 3.63) is 59.7 Å². The van der Waals surface area contributed by atoms with Gasteiger partial charge >= 0.3 is 0 Å². The lowest BCUT2D eigenvalue weighted by Gasteiger charge is -2.22. The molecule has 3 heteroatoms. The summed E-state index contributed by atoms with van der Waals surface area (Å²) in [6.07, 6.45) is 0.936. The Morgan fingerprint density at radius 1 is 1.20 bits per heavy atom. The normalized spacial score (nSPS) is 14.9. The molecule has 0 aromatic heterocycles. The van der Waals surface area contributed by atoms with Crippen molar-refractivity contribution in [3.8, 4) is 0 Å². The highest BCUT2D eigenvalue weighted by Gasteiger charge is 2.28. The van der Waals surface area contributed by atoms with Crippen LogP contribution in [0.1, 0.15) is 24.0 Å². The first-order valence-corrected chi connectivity index (χ1v) is 6.91. The van der Waals surface area contributed by atoms with Gasteiger partial charge in [-0.2, -0.15) is 0 Å². The zero-order valence-electron chi connectivity index (χ0n) is 11.5. The summed E-state index contributed by atoms with van der Waals surface area (Å²) in [6.45, 7) is 2.71. The number of anilines is 2. The number of fused-ring (bicyclic) bond motifs is 1. The van der Waals surface area contributed by atoms with Gasteiger partial charge in [0, 0.05) is 17.9 Å². The van der Waals surface area contributed by atoms with E-state index in [9.17, 15) is 4.79 Å². The summed E-state index contributed by atoms with van der Waals surface area (Å²) in [5, 5.41) is 0. The molecule has 0 radical (unpaired) electrons. The number of amides is 1. The molecule has 3 rings (SSSR count). The minimum atomic E-state index is -0.176. The third-order valence-corrected chi connectivity index (χ3v) is 3.93. The Bertz CT molecular complexity index is 651. The number of nitrogens with zero attached hydrogens (tertiary/aromatic N) is 1. The van der Waals surface area contributed by atoms with Gasteiger partial charge in [0.05, 0.1) is 5.92 Å². The third-order valence-electron chi connectivity index (χ3n) is 3.93. The minimum absolute atomic E-state index is 0.139. The van der Waals surface area contributed by atoms with Crippen LogP contribution >= 0.6 is 0 Å². The zero-order chi connectivity index (χ0) is 14.1. The highest BCUT2D eigenvalue weighted by molar-refractivity contribution is 5.99. The number of para-hydroxylation sites is 1. The Labute approximate surface area is 119 Å².